The molecule has 28 heavy (non-hydrogen) atoms. The van der Waals surface area contributed by atoms with Crippen LogP contribution in [0.1, 0.15) is 31.7 Å². The minimum absolute atomic E-state index is 0.106. The number of carbonyl (C=O) groups excluding carboxylic acids is 3. The van der Waals surface area contributed by atoms with Crippen LogP contribution in [0.25, 0.3) is 17.0 Å². The van der Waals surface area contributed by atoms with Gasteiger partial charge in [0.1, 0.15) is 6.54 Å². The quantitative estimate of drug-likeness (QED) is 0.697. The van der Waals surface area contributed by atoms with Crippen LogP contribution in [0.5, 0.6) is 0 Å². The lowest BCUT2D eigenvalue weighted by Gasteiger charge is -2.33. The number of nitrogens with one attached hydrogen (secondary N) is 1. The molecule has 0 saturated carbocycles. The Labute approximate surface area is 175 Å². The molecule has 1 N–H and O–H groups in total. The molecule has 6 nitrogen and oxygen atoms in total. The summed E-state index contributed by atoms with van der Waals surface area (Å²) in [6.07, 6.45) is 6.86. The Morgan fingerprint density at radius 2 is 2.18 bits per heavy atom. The maximum Gasteiger partial charge on any atom is 0.290 e. The lowest BCUT2D eigenvalue weighted by molar-refractivity contribution is -0.135. The van der Waals surface area contributed by atoms with E-state index in [2.05, 4.69) is 28.2 Å². The zero-order valence-corrected chi connectivity index (χ0v) is 17.8. The molecule has 8 heteroatoms. The third-order valence-corrected chi connectivity index (χ3v) is 6.54. The maximum atomic E-state index is 12.9. The number of hydrogen-bond donors (Lipinski definition) is 1. The van der Waals surface area contributed by atoms with Crippen LogP contribution in [-0.4, -0.2) is 39.1 Å². The molecule has 0 aliphatic carbocycles. The Kier molecular flexibility index (Phi) is 5.33. The first kappa shape index (κ1) is 19.3. The molecule has 2 fully saturated rings. The summed E-state index contributed by atoms with van der Waals surface area (Å²) in [5, 5.41) is 2.83. The van der Waals surface area contributed by atoms with E-state index < -0.39 is 0 Å². The number of halogens is 1. The van der Waals surface area contributed by atoms with E-state index in [4.69, 9.17) is 0 Å². The summed E-state index contributed by atoms with van der Waals surface area (Å²) in [7, 11) is 0. The number of aromatic nitrogens is 1. The zero-order valence-electron chi connectivity index (χ0n) is 15.4. The summed E-state index contributed by atoms with van der Waals surface area (Å²) < 4.78 is 2.84. The minimum Gasteiger partial charge on any atom is -0.338 e. The highest BCUT2D eigenvalue weighted by Gasteiger charge is 2.26. The van der Waals surface area contributed by atoms with Crippen LogP contribution in [0.15, 0.2) is 33.8 Å². The van der Waals surface area contributed by atoms with E-state index in [0.717, 1.165) is 52.1 Å². The molecule has 2 aromatic rings. The fourth-order valence-corrected chi connectivity index (χ4v) is 4.84. The van der Waals surface area contributed by atoms with E-state index in [9.17, 15) is 14.4 Å². The first-order valence-corrected chi connectivity index (χ1v) is 10.9. The number of amides is 3. The fraction of sp³-hybridized carbons (Fsp3) is 0.350. The molecule has 3 heterocycles. The van der Waals surface area contributed by atoms with E-state index in [0.29, 0.717) is 4.91 Å². The number of rotatable bonds is 3. The fourth-order valence-electron chi connectivity index (χ4n) is 3.81. The number of piperidine rings is 1. The van der Waals surface area contributed by atoms with Crippen molar-refractivity contribution in [3.05, 3.63) is 39.3 Å². The summed E-state index contributed by atoms with van der Waals surface area (Å²) >= 11 is 4.38. The molecular weight excluding hydrogens is 442 g/mol. The van der Waals surface area contributed by atoms with Crippen LogP contribution < -0.4 is 5.32 Å². The van der Waals surface area contributed by atoms with Crippen LogP contribution in [0, 0.1) is 0 Å². The van der Waals surface area contributed by atoms with Crippen molar-refractivity contribution in [1.29, 1.82) is 0 Å². The largest absolute Gasteiger partial charge is 0.338 e. The van der Waals surface area contributed by atoms with Crippen molar-refractivity contribution in [3.63, 3.8) is 0 Å². The molecule has 2 aliphatic rings. The van der Waals surface area contributed by atoms with Gasteiger partial charge in [0.05, 0.1) is 4.91 Å². The molecular formula is C20H20BrN3O3S. The smallest absolute Gasteiger partial charge is 0.290 e. The lowest BCUT2D eigenvalue weighted by Crippen LogP contribution is -2.43. The number of fused-ring (bicyclic) bond motifs is 1. The van der Waals surface area contributed by atoms with Crippen molar-refractivity contribution in [2.75, 3.05) is 6.54 Å². The molecule has 0 radical (unpaired) electrons. The summed E-state index contributed by atoms with van der Waals surface area (Å²) in [4.78, 5) is 38.6. The van der Waals surface area contributed by atoms with Gasteiger partial charge in [0.25, 0.3) is 11.1 Å². The van der Waals surface area contributed by atoms with Crippen LogP contribution >= 0.6 is 27.7 Å². The number of thioether (sulfide) groups is 1. The number of benzene rings is 1. The second-order valence-electron chi connectivity index (χ2n) is 7.16. The van der Waals surface area contributed by atoms with Gasteiger partial charge in [-0.15, -0.1) is 0 Å². The number of imide groups is 1. The second kappa shape index (κ2) is 7.75. The Morgan fingerprint density at radius 1 is 1.36 bits per heavy atom. The minimum atomic E-state index is -0.385. The molecule has 2 saturated heterocycles. The van der Waals surface area contributed by atoms with E-state index >= 15 is 0 Å². The first-order chi connectivity index (χ1) is 13.4. The zero-order chi connectivity index (χ0) is 19.8. The van der Waals surface area contributed by atoms with Crippen LogP contribution in [0.2, 0.25) is 0 Å². The van der Waals surface area contributed by atoms with Crippen molar-refractivity contribution in [2.45, 2.75) is 38.8 Å². The molecule has 146 valence electrons. The Balaban J connectivity index is 1.69. The van der Waals surface area contributed by atoms with Gasteiger partial charge in [-0.25, -0.2) is 0 Å². The van der Waals surface area contributed by atoms with Gasteiger partial charge in [-0.3, -0.25) is 19.7 Å². The van der Waals surface area contributed by atoms with E-state index in [-0.39, 0.29) is 29.6 Å². The van der Waals surface area contributed by atoms with Gasteiger partial charge in [-0.2, -0.15) is 0 Å². The monoisotopic (exact) mass is 461 g/mol. The van der Waals surface area contributed by atoms with E-state index in [1.165, 1.54) is 6.42 Å². The summed E-state index contributed by atoms with van der Waals surface area (Å²) in [6.45, 7) is 3.16. The van der Waals surface area contributed by atoms with E-state index in [1.807, 2.05) is 33.9 Å². The number of carbonyl (C=O) groups is 3. The van der Waals surface area contributed by atoms with Gasteiger partial charge in [-0.1, -0.05) is 15.9 Å². The number of hydrogen-bond acceptors (Lipinski definition) is 4. The number of nitrogens with zero attached hydrogens (tertiary/aromatic N) is 2. The summed E-state index contributed by atoms with van der Waals surface area (Å²) in [5.74, 6) is -0.279. The Morgan fingerprint density at radius 3 is 2.89 bits per heavy atom. The molecule has 0 bridgehead atoms. The maximum absolute atomic E-state index is 12.9. The summed E-state index contributed by atoms with van der Waals surface area (Å²) in [5.41, 5.74) is 1.73. The topological polar surface area (TPSA) is 71.4 Å². The van der Waals surface area contributed by atoms with Gasteiger partial charge in [0, 0.05) is 39.7 Å². The SMILES string of the molecule is C[C@@H]1CCCCN1C(=O)Cn1cc(/C=C2\SC(=O)NC2=O)c2cc(Br)ccc21. The third kappa shape index (κ3) is 3.75. The molecule has 0 unspecified atom stereocenters. The molecule has 4 rings (SSSR count). The van der Waals surface area contributed by atoms with Gasteiger partial charge >= 0.3 is 0 Å². The van der Waals surface area contributed by atoms with Gasteiger partial charge in [0.2, 0.25) is 5.91 Å². The van der Waals surface area contributed by atoms with Crippen LogP contribution in [0.3, 0.4) is 0 Å². The van der Waals surface area contributed by atoms with Gasteiger partial charge in [0.15, 0.2) is 0 Å². The van der Waals surface area contributed by atoms with Crippen LogP contribution in [0.4, 0.5) is 4.79 Å². The highest BCUT2D eigenvalue weighted by molar-refractivity contribution is 9.10. The standard InChI is InChI=1S/C20H20BrN3O3S/c1-12-4-2-3-7-24(12)18(25)11-23-10-13(8-17-19(26)22-20(27)28-17)15-9-14(21)5-6-16(15)23/h5-6,8-10,12H,2-4,7,11H2,1H3,(H,22,26,27)/b17-8-/t12-/m1/s1. The predicted octanol–water partition coefficient (Wildman–Crippen LogP) is 4.13. The van der Waals surface area contributed by atoms with Crippen molar-refractivity contribution in [1.82, 2.24) is 14.8 Å². The molecule has 1 atom stereocenters. The number of likely N-dealkylation sites (tertiary alicyclic amines) is 1. The lowest BCUT2D eigenvalue weighted by atomic mass is 10.0. The summed E-state index contributed by atoms with van der Waals surface area (Å²) in [6, 6.07) is 6.13. The molecule has 1 aromatic carbocycles. The highest BCUT2D eigenvalue weighted by atomic mass is 79.9. The second-order valence-corrected chi connectivity index (χ2v) is 9.09. The molecule has 0 spiro atoms. The van der Waals surface area contributed by atoms with Crippen molar-refractivity contribution < 1.29 is 14.4 Å². The Bertz CT molecular complexity index is 1010. The molecule has 1 aromatic heterocycles. The third-order valence-electron chi connectivity index (χ3n) is 5.23. The highest BCUT2D eigenvalue weighted by Crippen LogP contribution is 2.31. The normalized spacial score (nSPS) is 21.6. The average molecular weight is 462 g/mol. The predicted molar refractivity (Wildman–Crippen MR) is 114 cm³/mol. The van der Waals surface area contributed by atoms with Crippen molar-refractivity contribution in [2.24, 2.45) is 0 Å². The molecule has 3 amide bonds. The van der Waals surface area contributed by atoms with E-state index in [1.54, 1.807) is 6.08 Å². The van der Waals surface area contributed by atoms with Gasteiger partial charge in [-0.05, 0) is 62.2 Å². The van der Waals surface area contributed by atoms with Crippen LogP contribution in [-0.2, 0) is 16.1 Å². The molecule has 2 aliphatic heterocycles. The average Bonchev–Trinajstić information content (AvgIpc) is 3.14. The Hall–Kier alpha value is -2.06. The first-order valence-electron chi connectivity index (χ1n) is 9.25. The van der Waals surface area contributed by atoms with Crippen molar-refractivity contribution in [3.8, 4) is 0 Å². The van der Waals surface area contributed by atoms with Gasteiger partial charge < -0.3 is 9.47 Å². The van der Waals surface area contributed by atoms with Crippen molar-refractivity contribution >= 4 is 61.7 Å².